The molecule has 1 fully saturated rings. The minimum absolute atomic E-state index is 0.240. The van der Waals surface area contributed by atoms with Crippen LogP contribution in [-0.4, -0.2) is 44.9 Å². The topological polar surface area (TPSA) is 87.5 Å². The summed E-state index contributed by atoms with van der Waals surface area (Å²) in [6, 6.07) is 8.97. The summed E-state index contributed by atoms with van der Waals surface area (Å²) >= 11 is 0. The van der Waals surface area contributed by atoms with Crippen molar-refractivity contribution in [3.05, 3.63) is 42.2 Å². The van der Waals surface area contributed by atoms with Gasteiger partial charge < -0.3 is 15.3 Å². The quantitative estimate of drug-likeness (QED) is 0.908. The number of hydrogen-bond donors (Lipinski definition) is 2. The molecule has 1 unspecified atom stereocenters. The Hall–Kier alpha value is -2.83. The van der Waals surface area contributed by atoms with Gasteiger partial charge in [-0.25, -0.2) is 9.48 Å². The van der Waals surface area contributed by atoms with Crippen LogP contribution in [0, 0.1) is 12.8 Å². The molecule has 2 aromatic rings. The van der Waals surface area contributed by atoms with Gasteiger partial charge in [0.15, 0.2) is 0 Å². The highest BCUT2D eigenvalue weighted by atomic mass is 16.4. The van der Waals surface area contributed by atoms with E-state index in [0.29, 0.717) is 18.7 Å². The maximum Gasteiger partial charge on any atom is 0.321 e. The van der Waals surface area contributed by atoms with E-state index < -0.39 is 11.9 Å². The third-order valence-corrected chi connectivity index (χ3v) is 3.94. The molecule has 1 aliphatic rings. The zero-order valence-corrected chi connectivity index (χ0v) is 12.8. The molecule has 1 aliphatic heterocycles. The summed E-state index contributed by atoms with van der Waals surface area (Å²) in [5.41, 5.74) is 2.29. The lowest BCUT2D eigenvalue weighted by atomic mass is 10.1. The van der Waals surface area contributed by atoms with E-state index in [1.54, 1.807) is 10.7 Å². The second-order valence-electron chi connectivity index (χ2n) is 5.62. The molecule has 0 radical (unpaired) electrons. The molecule has 1 atom stereocenters. The fourth-order valence-electron chi connectivity index (χ4n) is 2.67. The average Bonchev–Trinajstić information content (AvgIpc) is 3.17. The van der Waals surface area contributed by atoms with Crippen molar-refractivity contribution < 1.29 is 14.7 Å². The normalized spacial score (nSPS) is 17.3. The minimum Gasteiger partial charge on any atom is -0.481 e. The minimum atomic E-state index is -0.854. The SMILES string of the molecule is Cc1ccn(-c2ccccc2NC(=O)N2CCC(C(=O)O)C2)n1. The Bertz CT molecular complexity index is 740. The van der Waals surface area contributed by atoms with Crippen LogP contribution in [0.1, 0.15) is 12.1 Å². The van der Waals surface area contributed by atoms with E-state index >= 15 is 0 Å². The number of rotatable bonds is 3. The molecule has 1 aromatic heterocycles. The van der Waals surface area contributed by atoms with E-state index in [2.05, 4.69) is 10.4 Å². The van der Waals surface area contributed by atoms with Crippen LogP contribution in [0.2, 0.25) is 0 Å². The third-order valence-electron chi connectivity index (χ3n) is 3.94. The molecule has 2 amide bonds. The zero-order chi connectivity index (χ0) is 16.4. The monoisotopic (exact) mass is 314 g/mol. The largest absolute Gasteiger partial charge is 0.481 e. The Labute approximate surface area is 133 Å². The number of para-hydroxylation sites is 2. The molecule has 0 bridgehead atoms. The molecule has 2 N–H and O–H groups in total. The van der Waals surface area contributed by atoms with Gasteiger partial charge in [0.25, 0.3) is 0 Å². The first-order valence-corrected chi connectivity index (χ1v) is 7.45. The van der Waals surface area contributed by atoms with Gasteiger partial charge in [-0.2, -0.15) is 5.10 Å². The average molecular weight is 314 g/mol. The van der Waals surface area contributed by atoms with Crippen LogP contribution in [0.4, 0.5) is 10.5 Å². The second kappa shape index (κ2) is 6.12. The number of aromatic nitrogens is 2. The highest BCUT2D eigenvalue weighted by molar-refractivity contribution is 5.92. The molecular formula is C16H18N4O3. The van der Waals surface area contributed by atoms with Crippen molar-refractivity contribution in [2.45, 2.75) is 13.3 Å². The maximum atomic E-state index is 12.4. The molecule has 120 valence electrons. The van der Waals surface area contributed by atoms with Crippen molar-refractivity contribution in [3.8, 4) is 5.69 Å². The van der Waals surface area contributed by atoms with Gasteiger partial charge in [-0.1, -0.05) is 12.1 Å². The molecule has 1 saturated heterocycles. The van der Waals surface area contributed by atoms with Crippen LogP contribution in [0.25, 0.3) is 5.69 Å². The molecule has 3 rings (SSSR count). The summed E-state index contributed by atoms with van der Waals surface area (Å²) in [5, 5.41) is 16.2. The van der Waals surface area contributed by atoms with Crippen molar-refractivity contribution in [2.24, 2.45) is 5.92 Å². The molecule has 7 heteroatoms. The van der Waals surface area contributed by atoms with Gasteiger partial charge in [0, 0.05) is 19.3 Å². The summed E-state index contributed by atoms with van der Waals surface area (Å²) in [6.07, 6.45) is 2.32. The van der Waals surface area contributed by atoms with Gasteiger partial charge >= 0.3 is 12.0 Å². The number of likely N-dealkylation sites (tertiary alicyclic amines) is 1. The first-order valence-electron chi connectivity index (χ1n) is 7.45. The third kappa shape index (κ3) is 3.18. The lowest BCUT2D eigenvalue weighted by molar-refractivity contribution is -0.141. The van der Waals surface area contributed by atoms with E-state index in [4.69, 9.17) is 5.11 Å². The zero-order valence-electron chi connectivity index (χ0n) is 12.8. The lowest BCUT2D eigenvalue weighted by Gasteiger charge is -2.18. The van der Waals surface area contributed by atoms with E-state index in [0.717, 1.165) is 11.4 Å². The van der Waals surface area contributed by atoms with E-state index in [1.807, 2.05) is 37.4 Å². The first-order chi connectivity index (χ1) is 11.0. The number of nitrogens with zero attached hydrogens (tertiary/aromatic N) is 3. The number of aryl methyl sites for hydroxylation is 1. The number of benzene rings is 1. The Balaban J connectivity index is 1.76. The van der Waals surface area contributed by atoms with Gasteiger partial charge in [0.2, 0.25) is 0 Å². The van der Waals surface area contributed by atoms with Crippen molar-refractivity contribution in [1.82, 2.24) is 14.7 Å². The Morgan fingerprint density at radius 1 is 1.30 bits per heavy atom. The summed E-state index contributed by atoms with van der Waals surface area (Å²) < 4.78 is 1.70. The van der Waals surface area contributed by atoms with Crippen LogP contribution in [-0.2, 0) is 4.79 Å². The number of carbonyl (C=O) groups is 2. The Morgan fingerprint density at radius 2 is 2.09 bits per heavy atom. The van der Waals surface area contributed by atoms with Crippen LogP contribution >= 0.6 is 0 Å². The molecule has 0 spiro atoms. The van der Waals surface area contributed by atoms with E-state index in [1.165, 1.54) is 4.90 Å². The Morgan fingerprint density at radius 3 is 2.74 bits per heavy atom. The standard InChI is InChI=1S/C16H18N4O3/c1-11-6-9-20(18-11)14-5-3-2-4-13(14)17-16(23)19-8-7-12(10-19)15(21)22/h2-6,9,12H,7-8,10H2,1H3,(H,17,23)(H,21,22). The van der Waals surface area contributed by atoms with Gasteiger partial charge in [-0.05, 0) is 31.5 Å². The van der Waals surface area contributed by atoms with Crippen LogP contribution in [0.15, 0.2) is 36.5 Å². The molecule has 0 aliphatic carbocycles. The number of anilines is 1. The van der Waals surface area contributed by atoms with Crippen LogP contribution in [0.3, 0.4) is 0 Å². The number of nitrogens with one attached hydrogen (secondary N) is 1. The molecular weight excluding hydrogens is 296 g/mol. The first kappa shape index (κ1) is 15.1. The molecule has 2 heterocycles. The van der Waals surface area contributed by atoms with Gasteiger partial charge in [0.1, 0.15) is 0 Å². The molecule has 1 aromatic carbocycles. The second-order valence-corrected chi connectivity index (χ2v) is 5.62. The van der Waals surface area contributed by atoms with E-state index in [-0.39, 0.29) is 12.6 Å². The summed E-state index contributed by atoms with van der Waals surface area (Å²) in [4.78, 5) is 24.9. The highest BCUT2D eigenvalue weighted by Gasteiger charge is 2.31. The van der Waals surface area contributed by atoms with Crippen molar-refractivity contribution in [1.29, 1.82) is 0 Å². The summed E-state index contributed by atoms with van der Waals surface area (Å²) in [6.45, 7) is 2.59. The Kier molecular flexibility index (Phi) is 4.01. The summed E-state index contributed by atoms with van der Waals surface area (Å²) in [7, 11) is 0. The molecule has 23 heavy (non-hydrogen) atoms. The van der Waals surface area contributed by atoms with Gasteiger partial charge in [-0.3, -0.25) is 4.79 Å². The van der Waals surface area contributed by atoms with Crippen molar-refractivity contribution in [2.75, 3.05) is 18.4 Å². The van der Waals surface area contributed by atoms with Crippen molar-refractivity contribution in [3.63, 3.8) is 0 Å². The van der Waals surface area contributed by atoms with E-state index in [9.17, 15) is 9.59 Å². The van der Waals surface area contributed by atoms with Crippen LogP contribution < -0.4 is 5.32 Å². The number of hydrogen-bond acceptors (Lipinski definition) is 3. The summed E-state index contributed by atoms with van der Waals surface area (Å²) in [5.74, 6) is -1.34. The number of urea groups is 1. The molecule has 7 nitrogen and oxygen atoms in total. The number of carboxylic acids is 1. The lowest BCUT2D eigenvalue weighted by Crippen LogP contribution is -2.34. The van der Waals surface area contributed by atoms with Crippen LogP contribution in [0.5, 0.6) is 0 Å². The molecule has 0 saturated carbocycles. The fourth-order valence-corrected chi connectivity index (χ4v) is 2.67. The number of amides is 2. The predicted molar refractivity (Wildman–Crippen MR) is 84.6 cm³/mol. The van der Waals surface area contributed by atoms with Crippen molar-refractivity contribution >= 4 is 17.7 Å². The maximum absolute atomic E-state index is 12.4. The van der Waals surface area contributed by atoms with Gasteiger partial charge in [0.05, 0.1) is 23.0 Å². The highest BCUT2D eigenvalue weighted by Crippen LogP contribution is 2.22. The predicted octanol–water partition coefficient (Wildman–Crippen LogP) is 2.12. The number of carbonyl (C=O) groups excluding carboxylic acids is 1. The fraction of sp³-hybridized carbons (Fsp3) is 0.312. The number of carboxylic acid groups (broad SMARTS) is 1. The number of aliphatic carboxylic acids is 1. The van der Waals surface area contributed by atoms with Gasteiger partial charge in [-0.15, -0.1) is 0 Å². The smallest absolute Gasteiger partial charge is 0.321 e.